The summed E-state index contributed by atoms with van der Waals surface area (Å²) in [6.07, 6.45) is 0.284. The molecule has 3 atom stereocenters. The molecule has 1 rings (SSSR count). The molecule has 180 valence electrons. The zero-order valence-corrected chi connectivity index (χ0v) is 21.4. The maximum Gasteiger partial charge on any atom is 0.235 e. The van der Waals surface area contributed by atoms with Crippen LogP contribution in [0.3, 0.4) is 0 Å². The Hall–Kier alpha value is -1.20. The van der Waals surface area contributed by atoms with Gasteiger partial charge in [0.2, 0.25) is 10.0 Å². The Labute approximate surface area is 186 Å². The minimum atomic E-state index is -3.75. The average molecular weight is 500 g/mol. The SMILES string of the molecule is CCS(=O)(=O)C(C)CCC(C)S(=O)(=O)C(C)Cc1cccc(NS(=O)(=O)C(C)C)c1F. The lowest BCUT2D eigenvalue weighted by Gasteiger charge is -2.21. The van der Waals surface area contributed by atoms with Crippen molar-refractivity contribution in [1.82, 2.24) is 0 Å². The van der Waals surface area contributed by atoms with Gasteiger partial charge in [0, 0.05) is 5.75 Å². The van der Waals surface area contributed by atoms with Crippen molar-refractivity contribution < 1.29 is 29.6 Å². The van der Waals surface area contributed by atoms with Gasteiger partial charge in [0.25, 0.3) is 0 Å². The van der Waals surface area contributed by atoms with E-state index in [1.165, 1.54) is 45.9 Å². The predicted octanol–water partition coefficient (Wildman–Crippen LogP) is 3.31. The van der Waals surface area contributed by atoms with Crippen LogP contribution in [-0.4, -0.2) is 52.0 Å². The first kappa shape index (κ1) is 27.8. The van der Waals surface area contributed by atoms with E-state index < -0.39 is 56.5 Å². The molecular formula is C20H34FNO6S3. The fraction of sp³-hybridized carbons (Fsp3) is 0.700. The van der Waals surface area contributed by atoms with Gasteiger partial charge in [-0.1, -0.05) is 19.1 Å². The molecule has 11 heteroatoms. The highest BCUT2D eigenvalue weighted by atomic mass is 32.2. The fourth-order valence-corrected chi connectivity index (χ4v) is 6.44. The summed E-state index contributed by atoms with van der Waals surface area (Å²) in [5.41, 5.74) is -0.128. The molecule has 0 aliphatic heterocycles. The third-order valence-electron chi connectivity index (χ3n) is 5.58. The molecule has 0 saturated carbocycles. The molecule has 0 heterocycles. The van der Waals surface area contributed by atoms with E-state index >= 15 is 0 Å². The summed E-state index contributed by atoms with van der Waals surface area (Å²) in [7, 11) is -10.7. The fourth-order valence-electron chi connectivity index (χ4n) is 3.01. The summed E-state index contributed by atoms with van der Waals surface area (Å²) >= 11 is 0. The lowest BCUT2D eigenvalue weighted by atomic mass is 10.1. The smallest absolute Gasteiger partial charge is 0.235 e. The number of hydrogen-bond acceptors (Lipinski definition) is 6. The Balaban J connectivity index is 2.97. The first-order valence-corrected chi connectivity index (χ1v) is 15.2. The molecular weight excluding hydrogens is 465 g/mol. The molecule has 0 aliphatic carbocycles. The van der Waals surface area contributed by atoms with Crippen LogP contribution in [0.2, 0.25) is 0 Å². The average Bonchev–Trinajstić information content (AvgIpc) is 2.68. The largest absolute Gasteiger partial charge is 0.280 e. The second-order valence-electron chi connectivity index (χ2n) is 8.23. The van der Waals surface area contributed by atoms with E-state index in [4.69, 9.17) is 0 Å². The second kappa shape index (κ2) is 10.6. The maximum absolute atomic E-state index is 14.9. The minimum Gasteiger partial charge on any atom is -0.280 e. The third kappa shape index (κ3) is 7.15. The molecule has 0 fully saturated rings. The molecule has 0 bridgehead atoms. The third-order valence-corrected chi connectivity index (χ3v) is 12.2. The quantitative estimate of drug-likeness (QED) is 0.472. The van der Waals surface area contributed by atoms with Gasteiger partial charge in [0.15, 0.2) is 19.7 Å². The zero-order valence-electron chi connectivity index (χ0n) is 18.9. The van der Waals surface area contributed by atoms with Crippen LogP contribution in [0.4, 0.5) is 10.1 Å². The van der Waals surface area contributed by atoms with Crippen LogP contribution in [-0.2, 0) is 36.1 Å². The van der Waals surface area contributed by atoms with Gasteiger partial charge in [0.05, 0.1) is 26.7 Å². The van der Waals surface area contributed by atoms with E-state index in [0.717, 1.165) is 0 Å². The highest BCUT2D eigenvalue weighted by Crippen LogP contribution is 2.25. The molecule has 1 N–H and O–H groups in total. The van der Waals surface area contributed by atoms with Gasteiger partial charge < -0.3 is 0 Å². The lowest BCUT2D eigenvalue weighted by molar-refractivity contribution is 0.547. The van der Waals surface area contributed by atoms with Crippen LogP contribution in [0.1, 0.15) is 59.9 Å². The number of halogens is 1. The molecule has 0 spiro atoms. The van der Waals surface area contributed by atoms with Crippen molar-refractivity contribution >= 4 is 35.4 Å². The van der Waals surface area contributed by atoms with Crippen LogP contribution in [0.15, 0.2) is 18.2 Å². The number of hydrogen-bond donors (Lipinski definition) is 1. The van der Waals surface area contributed by atoms with Gasteiger partial charge in [-0.3, -0.25) is 4.72 Å². The van der Waals surface area contributed by atoms with Crippen LogP contribution in [0, 0.1) is 5.82 Å². The van der Waals surface area contributed by atoms with Crippen molar-refractivity contribution in [3.63, 3.8) is 0 Å². The topological polar surface area (TPSA) is 114 Å². The molecule has 0 radical (unpaired) electrons. The van der Waals surface area contributed by atoms with E-state index in [9.17, 15) is 29.6 Å². The molecule has 0 amide bonds. The van der Waals surface area contributed by atoms with Crippen molar-refractivity contribution in [2.75, 3.05) is 10.5 Å². The summed E-state index contributed by atoms with van der Waals surface area (Å²) in [5.74, 6) is -0.800. The first-order valence-electron chi connectivity index (χ1n) is 10.3. The molecule has 7 nitrogen and oxygen atoms in total. The lowest BCUT2D eigenvalue weighted by Crippen LogP contribution is -2.31. The summed E-state index contributed by atoms with van der Waals surface area (Å²) < 4.78 is 90.7. The van der Waals surface area contributed by atoms with Crippen molar-refractivity contribution in [1.29, 1.82) is 0 Å². The van der Waals surface area contributed by atoms with Gasteiger partial charge in [0.1, 0.15) is 5.82 Å². The van der Waals surface area contributed by atoms with Crippen LogP contribution < -0.4 is 4.72 Å². The molecule has 3 unspecified atom stereocenters. The summed E-state index contributed by atoms with van der Waals surface area (Å²) in [4.78, 5) is 0. The minimum absolute atomic E-state index is 0.00187. The highest BCUT2D eigenvalue weighted by molar-refractivity contribution is 7.93. The monoisotopic (exact) mass is 499 g/mol. The molecule has 31 heavy (non-hydrogen) atoms. The Kier molecular flexibility index (Phi) is 9.53. The number of anilines is 1. The normalized spacial score (nSPS) is 16.1. The summed E-state index contributed by atoms with van der Waals surface area (Å²) in [5, 5.41) is -3.10. The van der Waals surface area contributed by atoms with Crippen molar-refractivity contribution in [3.8, 4) is 0 Å². The Morgan fingerprint density at radius 2 is 1.42 bits per heavy atom. The number of benzene rings is 1. The van der Waals surface area contributed by atoms with Gasteiger partial charge in [-0.2, -0.15) is 0 Å². The van der Waals surface area contributed by atoms with E-state index in [-0.39, 0.29) is 36.3 Å². The van der Waals surface area contributed by atoms with Crippen molar-refractivity contribution in [2.45, 2.75) is 81.8 Å². The van der Waals surface area contributed by atoms with Gasteiger partial charge in [-0.05, 0) is 65.5 Å². The van der Waals surface area contributed by atoms with Crippen molar-refractivity contribution in [3.05, 3.63) is 29.6 Å². The Morgan fingerprint density at radius 1 is 0.871 bits per heavy atom. The van der Waals surface area contributed by atoms with Crippen LogP contribution >= 0.6 is 0 Å². The van der Waals surface area contributed by atoms with Crippen molar-refractivity contribution in [2.24, 2.45) is 0 Å². The number of sulfone groups is 2. The van der Waals surface area contributed by atoms with E-state index in [1.54, 1.807) is 13.8 Å². The standard InChI is InChI=1S/C20H34FNO6S3/c1-7-29(23,24)15(4)11-12-16(5)30(25,26)17(6)13-18-9-8-10-19(20(18)21)22-31(27,28)14(2)3/h8-10,14-17,22H,7,11-13H2,1-6H3. The first-order chi connectivity index (χ1) is 14.1. The highest BCUT2D eigenvalue weighted by Gasteiger charge is 2.30. The second-order valence-corrected chi connectivity index (χ2v) is 16.0. The molecule has 1 aromatic rings. The van der Waals surface area contributed by atoms with E-state index in [2.05, 4.69) is 4.72 Å². The van der Waals surface area contributed by atoms with Gasteiger partial charge in [-0.15, -0.1) is 0 Å². The number of rotatable bonds is 12. The maximum atomic E-state index is 14.9. The Bertz CT molecular complexity index is 1070. The van der Waals surface area contributed by atoms with Crippen LogP contribution in [0.25, 0.3) is 0 Å². The van der Waals surface area contributed by atoms with Gasteiger partial charge >= 0.3 is 0 Å². The summed E-state index contributed by atoms with van der Waals surface area (Å²) in [6.45, 7) is 9.06. The molecule has 0 aromatic heterocycles. The van der Waals surface area contributed by atoms with Crippen LogP contribution in [0.5, 0.6) is 0 Å². The number of nitrogens with one attached hydrogen (secondary N) is 1. The molecule has 1 aromatic carbocycles. The Morgan fingerprint density at radius 3 is 1.94 bits per heavy atom. The van der Waals surface area contributed by atoms with Gasteiger partial charge in [-0.25, -0.2) is 29.6 Å². The zero-order chi connectivity index (χ0) is 24.2. The van der Waals surface area contributed by atoms with E-state index in [1.807, 2.05) is 0 Å². The number of sulfonamides is 1. The molecule has 0 aliphatic rings. The van der Waals surface area contributed by atoms with E-state index in [0.29, 0.717) is 0 Å². The summed E-state index contributed by atoms with van der Waals surface area (Å²) in [6, 6.07) is 4.18. The predicted molar refractivity (Wildman–Crippen MR) is 124 cm³/mol. The molecule has 0 saturated heterocycles.